The molecule has 2 heterocycles. The average molecular weight is 448 g/mol. The molecule has 0 aliphatic rings. The van der Waals surface area contributed by atoms with Crippen LogP contribution in [0, 0.1) is 0 Å². The monoisotopic (exact) mass is 448 g/mol. The van der Waals surface area contributed by atoms with Gasteiger partial charge in [-0.1, -0.05) is 12.1 Å². The highest BCUT2D eigenvalue weighted by molar-refractivity contribution is 5.89. The van der Waals surface area contributed by atoms with Crippen LogP contribution < -0.4 is 11.5 Å². The number of H-pyrrole nitrogens is 2. The number of nitrogens with two attached hydrogens (primary N) is 2. The van der Waals surface area contributed by atoms with Gasteiger partial charge in [-0.3, -0.25) is 0 Å². The molecule has 0 spiro atoms. The molecule has 0 fully saturated rings. The molecular formula is C26H20N6O2. The van der Waals surface area contributed by atoms with Crippen LogP contribution in [0.4, 0.5) is 11.4 Å². The van der Waals surface area contributed by atoms with Gasteiger partial charge in [-0.15, -0.1) is 0 Å². The molecule has 0 amide bonds. The van der Waals surface area contributed by atoms with Crippen LogP contribution >= 0.6 is 0 Å². The van der Waals surface area contributed by atoms with Crippen molar-refractivity contribution in [1.29, 1.82) is 0 Å². The van der Waals surface area contributed by atoms with Gasteiger partial charge >= 0.3 is 0 Å². The lowest BCUT2D eigenvalue weighted by molar-refractivity contribution is 0.476. The number of nitrogen functional groups attached to an aromatic ring is 2. The Morgan fingerprint density at radius 3 is 1.44 bits per heavy atom. The third-order valence-electron chi connectivity index (χ3n) is 5.85. The second kappa shape index (κ2) is 7.28. The highest BCUT2D eigenvalue weighted by Gasteiger charge is 2.13. The van der Waals surface area contributed by atoms with Gasteiger partial charge in [0.15, 0.2) is 0 Å². The van der Waals surface area contributed by atoms with Crippen molar-refractivity contribution in [3.05, 3.63) is 72.8 Å². The minimum Gasteiger partial charge on any atom is -0.507 e. The van der Waals surface area contributed by atoms with Gasteiger partial charge in [0, 0.05) is 11.4 Å². The first kappa shape index (κ1) is 19.7. The van der Waals surface area contributed by atoms with Crippen molar-refractivity contribution in [1.82, 2.24) is 19.9 Å². The van der Waals surface area contributed by atoms with Gasteiger partial charge in [0.05, 0.1) is 33.2 Å². The van der Waals surface area contributed by atoms with E-state index in [0.29, 0.717) is 34.2 Å². The molecule has 4 aromatic carbocycles. The van der Waals surface area contributed by atoms with Gasteiger partial charge in [0.2, 0.25) is 0 Å². The van der Waals surface area contributed by atoms with E-state index in [9.17, 15) is 10.2 Å². The molecule has 34 heavy (non-hydrogen) atoms. The summed E-state index contributed by atoms with van der Waals surface area (Å²) in [4.78, 5) is 15.8. The zero-order valence-corrected chi connectivity index (χ0v) is 17.9. The molecule has 6 rings (SSSR count). The number of rotatable bonds is 3. The fourth-order valence-electron chi connectivity index (χ4n) is 4.12. The second-order valence-corrected chi connectivity index (χ2v) is 8.19. The number of aromatic nitrogens is 4. The molecule has 0 aliphatic heterocycles. The Labute approximate surface area is 193 Å². The smallest absolute Gasteiger partial charge is 0.142 e. The molecule has 0 radical (unpaired) electrons. The predicted molar refractivity (Wildman–Crippen MR) is 134 cm³/mol. The molecule has 0 saturated heterocycles. The highest BCUT2D eigenvalue weighted by atomic mass is 16.3. The number of hydrogen-bond acceptors (Lipinski definition) is 6. The number of phenolic OH excluding ortho intramolecular Hbond substituents is 2. The normalized spacial score (nSPS) is 11.4. The van der Waals surface area contributed by atoms with E-state index >= 15 is 0 Å². The van der Waals surface area contributed by atoms with E-state index in [2.05, 4.69) is 19.9 Å². The number of aromatic hydroxyl groups is 2. The first-order valence-electron chi connectivity index (χ1n) is 10.6. The fourth-order valence-corrected chi connectivity index (χ4v) is 4.12. The van der Waals surface area contributed by atoms with E-state index in [1.54, 1.807) is 36.4 Å². The summed E-state index contributed by atoms with van der Waals surface area (Å²) in [6.45, 7) is 0. The summed E-state index contributed by atoms with van der Waals surface area (Å²) >= 11 is 0. The standard InChI is InChI=1S/C26H20N6O2/c27-15-3-7-23(33)17(11-15)25-29-19-5-1-13(9-21(19)31-25)14-2-6-20-22(10-14)32-26(30-20)18-12-16(28)4-8-24(18)34/h1-12,33-34H,27-28H2,(H,29,31)(H,30,32). The van der Waals surface area contributed by atoms with Crippen LogP contribution in [0.3, 0.4) is 0 Å². The van der Waals surface area contributed by atoms with Gasteiger partial charge in [0.1, 0.15) is 23.1 Å². The zero-order valence-electron chi connectivity index (χ0n) is 17.9. The van der Waals surface area contributed by atoms with Crippen LogP contribution in [0.15, 0.2) is 72.8 Å². The fraction of sp³-hybridized carbons (Fsp3) is 0. The first-order valence-corrected chi connectivity index (χ1v) is 10.6. The lowest BCUT2D eigenvalue weighted by atomic mass is 10.0. The Balaban J connectivity index is 1.40. The van der Waals surface area contributed by atoms with E-state index in [1.807, 2.05) is 36.4 Å². The number of phenols is 2. The number of anilines is 2. The maximum Gasteiger partial charge on any atom is 0.142 e. The molecule has 0 aliphatic carbocycles. The van der Waals surface area contributed by atoms with Gasteiger partial charge in [-0.2, -0.15) is 0 Å². The lowest BCUT2D eigenvalue weighted by Gasteiger charge is -2.02. The molecule has 0 unspecified atom stereocenters. The van der Waals surface area contributed by atoms with Crippen molar-refractivity contribution in [2.24, 2.45) is 0 Å². The minimum atomic E-state index is 0.111. The molecule has 8 nitrogen and oxygen atoms in total. The average Bonchev–Trinajstić information content (AvgIpc) is 3.45. The summed E-state index contributed by atoms with van der Waals surface area (Å²) in [7, 11) is 0. The first-order chi connectivity index (χ1) is 16.4. The summed E-state index contributed by atoms with van der Waals surface area (Å²) in [5.74, 6) is 1.32. The second-order valence-electron chi connectivity index (χ2n) is 8.19. The van der Waals surface area contributed by atoms with Crippen LogP contribution in [0.5, 0.6) is 11.5 Å². The van der Waals surface area contributed by atoms with E-state index in [1.165, 1.54) is 0 Å². The van der Waals surface area contributed by atoms with Crippen molar-refractivity contribution < 1.29 is 10.2 Å². The third kappa shape index (κ3) is 3.25. The van der Waals surface area contributed by atoms with Crippen molar-refractivity contribution in [3.63, 3.8) is 0 Å². The summed E-state index contributed by atoms with van der Waals surface area (Å²) < 4.78 is 0. The number of benzene rings is 4. The van der Waals surface area contributed by atoms with Gasteiger partial charge < -0.3 is 31.6 Å². The Kier molecular flexibility index (Phi) is 4.21. The Bertz CT molecular complexity index is 1590. The molecule has 8 N–H and O–H groups in total. The number of imidazole rings is 2. The van der Waals surface area contributed by atoms with Gasteiger partial charge in [-0.05, 0) is 71.8 Å². The summed E-state index contributed by atoms with van der Waals surface area (Å²) in [5, 5.41) is 20.4. The molecule has 6 aromatic rings. The molecular weight excluding hydrogens is 428 g/mol. The maximum absolute atomic E-state index is 10.2. The number of aromatic amines is 2. The van der Waals surface area contributed by atoms with E-state index in [-0.39, 0.29) is 11.5 Å². The van der Waals surface area contributed by atoms with Gasteiger partial charge in [0.25, 0.3) is 0 Å². The predicted octanol–water partition coefficient (Wildman–Crippen LogP) is 5.02. The molecule has 0 bridgehead atoms. The van der Waals surface area contributed by atoms with Crippen LogP contribution in [0.2, 0.25) is 0 Å². The van der Waals surface area contributed by atoms with Gasteiger partial charge in [-0.25, -0.2) is 9.97 Å². The van der Waals surface area contributed by atoms with Crippen molar-refractivity contribution in [2.45, 2.75) is 0 Å². The SMILES string of the molecule is Nc1ccc(O)c(-c2nc3ccc(-c4ccc5nc(-c6cc(N)ccc6O)[nH]c5c4)cc3[nH]2)c1. The van der Waals surface area contributed by atoms with Crippen molar-refractivity contribution in [2.75, 3.05) is 11.5 Å². The topological polar surface area (TPSA) is 150 Å². The van der Waals surface area contributed by atoms with Crippen LogP contribution in [-0.2, 0) is 0 Å². The van der Waals surface area contributed by atoms with E-state index < -0.39 is 0 Å². The third-order valence-corrected chi connectivity index (χ3v) is 5.85. The summed E-state index contributed by atoms with van der Waals surface area (Å²) in [5.41, 5.74) is 19.2. The minimum absolute atomic E-state index is 0.111. The largest absolute Gasteiger partial charge is 0.507 e. The zero-order chi connectivity index (χ0) is 23.4. The highest BCUT2D eigenvalue weighted by Crippen LogP contribution is 2.34. The summed E-state index contributed by atoms with van der Waals surface area (Å²) in [6.07, 6.45) is 0. The number of nitrogens with one attached hydrogen (secondary N) is 2. The Morgan fingerprint density at radius 1 is 0.559 bits per heavy atom. The number of hydrogen-bond donors (Lipinski definition) is 6. The van der Waals surface area contributed by atoms with Crippen LogP contribution in [-0.4, -0.2) is 30.1 Å². The molecule has 0 saturated carbocycles. The van der Waals surface area contributed by atoms with Crippen molar-refractivity contribution in [3.8, 4) is 45.4 Å². The molecule has 2 aromatic heterocycles. The van der Waals surface area contributed by atoms with Crippen LogP contribution in [0.1, 0.15) is 0 Å². The molecule has 0 atom stereocenters. The lowest BCUT2D eigenvalue weighted by Crippen LogP contribution is -1.87. The van der Waals surface area contributed by atoms with Crippen molar-refractivity contribution >= 4 is 33.4 Å². The Morgan fingerprint density at radius 2 is 1.00 bits per heavy atom. The quantitative estimate of drug-likeness (QED) is 0.165. The summed E-state index contributed by atoms with van der Waals surface area (Å²) in [6, 6.07) is 21.7. The molecule has 8 heteroatoms. The number of fused-ring (bicyclic) bond motifs is 2. The Hall–Kier alpha value is -4.98. The maximum atomic E-state index is 10.2. The van der Waals surface area contributed by atoms with Crippen LogP contribution in [0.25, 0.3) is 56.0 Å². The van der Waals surface area contributed by atoms with E-state index in [4.69, 9.17) is 11.5 Å². The number of nitrogens with zero attached hydrogens (tertiary/aromatic N) is 2. The molecule has 166 valence electrons. The van der Waals surface area contributed by atoms with E-state index in [0.717, 1.165) is 33.2 Å².